The predicted molar refractivity (Wildman–Crippen MR) is 113 cm³/mol. The van der Waals surface area contributed by atoms with Crippen LogP contribution in [0.15, 0.2) is 42.0 Å². The van der Waals surface area contributed by atoms with E-state index in [1.807, 2.05) is 13.0 Å². The molecular weight excluding hydrogens is 354 g/mol. The molecule has 2 rings (SSSR count). The molecule has 6 heteroatoms. The molecule has 0 radical (unpaired) electrons. The Morgan fingerprint density at radius 3 is 2.36 bits per heavy atom. The molecule has 0 heterocycles. The van der Waals surface area contributed by atoms with Gasteiger partial charge in [0.2, 0.25) is 0 Å². The summed E-state index contributed by atoms with van der Waals surface area (Å²) in [4.78, 5) is 14.5. The third kappa shape index (κ3) is 4.91. The molecular formula is C22H27N3O3. The lowest BCUT2D eigenvalue weighted by atomic mass is 10.0. The minimum Gasteiger partial charge on any atom is -0.507 e. The van der Waals surface area contributed by atoms with Gasteiger partial charge in [-0.2, -0.15) is 0 Å². The van der Waals surface area contributed by atoms with E-state index < -0.39 is 5.97 Å². The number of carbonyl (C=O) groups is 1. The SMILES string of the molecule is CCN(CC)c1cc(O)c(C=C(C)C(=O)Oc2ccc(C(=N)N)cc2)cc1C. The molecule has 0 unspecified atom stereocenters. The van der Waals surface area contributed by atoms with Gasteiger partial charge in [-0.05, 0) is 69.7 Å². The van der Waals surface area contributed by atoms with E-state index in [4.69, 9.17) is 15.9 Å². The minimum atomic E-state index is -0.513. The number of phenols is 1. The highest BCUT2D eigenvalue weighted by Crippen LogP contribution is 2.30. The van der Waals surface area contributed by atoms with Gasteiger partial charge in [-0.25, -0.2) is 4.79 Å². The summed E-state index contributed by atoms with van der Waals surface area (Å²) in [5.74, 6) is -0.0844. The summed E-state index contributed by atoms with van der Waals surface area (Å²) in [6.45, 7) is 9.45. The van der Waals surface area contributed by atoms with Crippen LogP contribution >= 0.6 is 0 Å². The number of benzene rings is 2. The van der Waals surface area contributed by atoms with Crippen molar-refractivity contribution in [2.45, 2.75) is 27.7 Å². The normalized spacial score (nSPS) is 11.2. The molecule has 0 spiro atoms. The van der Waals surface area contributed by atoms with Crippen molar-refractivity contribution in [1.82, 2.24) is 0 Å². The van der Waals surface area contributed by atoms with E-state index >= 15 is 0 Å². The molecule has 0 aliphatic rings. The number of phenolic OH excluding ortho intramolecular Hbond substituents is 1. The van der Waals surface area contributed by atoms with Crippen LogP contribution in [0, 0.1) is 12.3 Å². The molecule has 4 N–H and O–H groups in total. The van der Waals surface area contributed by atoms with E-state index in [9.17, 15) is 9.90 Å². The maximum atomic E-state index is 12.4. The molecule has 0 saturated heterocycles. The number of nitrogens with zero attached hydrogens (tertiary/aromatic N) is 1. The lowest BCUT2D eigenvalue weighted by Crippen LogP contribution is -2.22. The first-order chi connectivity index (χ1) is 13.3. The Morgan fingerprint density at radius 1 is 1.21 bits per heavy atom. The Labute approximate surface area is 165 Å². The Morgan fingerprint density at radius 2 is 1.82 bits per heavy atom. The van der Waals surface area contributed by atoms with Gasteiger partial charge in [0.1, 0.15) is 17.3 Å². The molecule has 0 aliphatic heterocycles. The number of hydrogen-bond acceptors (Lipinski definition) is 5. The number of aromatic hydroxyl groups is 1. The lowest BCUT2D eigenvalue weighted by Gasteiger charge is -2.24. The zero-order valence-electron chi connectivity index (χ0n) is 16.7. The Kier molecular flexibility index (Phi) is 6.82. The second-order valence-corrected chi connectivity index (χ2v) is 6.52. The second-order valence-electron chi connectivity index (χ2n) is 6.52. The third-order valence-corrected chi connectivity index (χ3v) is 4.52. The van der Waals surface area contributed by atoms with Gasteiger partial charge in [-0.3, -0.25) is 5.41 Å². The lowest BCUT2D eigenvalue weighted by molar-refractivity contribution is -0.130. The van der Waals surface area contributed by atoms with Crippen molar-refractivity contribution in [1.29, 1.82) is 5.41 Å². The average Bonchev–Trinajstić information content (AvgIpc) is 2.66. The Hall–Kier alpha value is -3.28. The highest BCUT2D eigenvalue weighted by molar-refractivity contribution is 5.96. The fourth-order valence-corrected chi connectivity index (χ4v) is 2.91. The highest BCUT2D eigenvalue weighted by atomic mass is 16.5. The maximum absolute atomic E-state index is 12.4. The molecule has 0 saturated carbocycles. The second kappa shape index (κ2) is 9.08. The molecule has 28 heavy (non-hydrogen) atoms. The van der Waals surface area contributed by atoms with Crippen molar-refractivity contribution in [2.75, 3.05) is 18.0 Å². The quantitative estimate of drug-likeness (QED) is 0.222. The van der Waals surface area contributed by atoms with Crippen LogP contribution in [0.3, 0.4) is 0 Å². The van der Waals surface area contributed by atoms with Gasteiger partial charge in [-0.15, -0.1) is 0 Å². The van der Waals surface area contributed by atoms with E-state index in [2.05, 4.69) is 18.7 Å². The first-order valence-electron chi connectivity index (χ1n) is 9.20. The zero-order valence-corrected chi connectivity index (χ0v) is 16.7. The molecule has 0 aliphatic carbocycles. The fourth-order valence-electron chi connectivity index (χ4n) is 2.91. The van der Waals surface area contributed by atoms with Crippen LogP contribution in [-0.2, 0) is 4.79 Å². The summed E-state index contributed by atoms with van der Waals surface area (Å²) in [5.41, 5.74) is 8.89. The predicted octanol–water partition coefficient (Wildman–Crippen LogP) is 3.84. The standard InChI is InChI=1S/C22H27N3O3/c1-5-25(6-2)19-13-20(26)17(11-14(19)3)12-15(4)22(27)28-18-9-7-16(8-10-18)21(23)24/h7-13,26H,5-6H2,1-4H3,(H3,23,24). The summed E-state index contributed by atoms with van der Waals surface area (Å²) < 4.78 is 5.34. The molecule has 2 aromatic rings. The van der Waals surface area contributed by atoms with Gasteiger partial charge in [0.25, 0.3) is 0 Å². The van der Waals surface area contributed by atoms with Crippen LogP contribution in [0.25, 0.3) is 6.08 Å². The number of nitrogens with one attached hydrogen (secondary N) is 1. The van der Waals surface area contributed by atoms with Gasteiger partial charge < -0.3 is 20.5 Å². The molecule has 0 amide bonds. The van der Waals surface area contributed by atoms with E-state index in [-0.39, 0.29) is 11.6 Å². The number of ether oxygens (including phenoxy) is 1. The van der Waals surface area contributed by atoms with Crippen molar-refractivity contribution in [2.24, 2.45) is 5.73 Å². The van der Waals surface area contributed by atoms with Crippen molar-refractivity contribution in [3.05, 3.63) is 58.7 Å². The van der Waals surface area contributed by atoms with Gasteiger partial charge in [0.15, 0.2) is 0 Å². The Bertz CT molecular complexity index is 898. The number of nitrogen functional groups attached to an aromatic ring is 1. The number of nitrogens with two attached hydrogens (primary N) is 1. The molecule has 2 aromatic carbocycles. The monoisotopic (exact) mass is 381 g/mol. The number of esters is 1. The van der Waals surface area contributed by atoms with Crippen LogP contribution in [0.4, 0.5) is 5.69 Å². The van der Waals surface area contributed by atoms with E-state index in [1.165, 1.54) is 0 Å². The van der Waals surface area contributed by atoms with E-state index in [0.717, 1.165) is 24.3 Å². The van der Waals surface area contributed by atoms with Gasteiger partial charge in [0.05, 0.1) is 0 Å². The maximum Gasteiger partial charge on any atom is 0.339 e. The summed E-state index contributed by atoms with van der Waals surface area (Å²) in [7, 11) is 0. The summed E-state index contributed by atoms with van der Waals surface area (Å²) in [5, 5.41) is 17.8. The third-order valence-electron chi connectivity index (χ3n) is 4.52. The molecule has 0 bridgehead atoms. The first-order valence-corrected chi connectivity index (χ1v) is 9.20. The summed E-state index contributed by atoms with van der Waals surface area (Å²) >= 11 is 0. The van der Waals surface area contributed by atoms with E-state index in [0.29, 0.717) is 22.4 Å². The van der Waals surface area contributed by atoms with Crippen molar-refractivity contribution >= 4 is 23.6 Å². The first kappa shape index (κ1) is 21.0. The molecule has 148 valence electrons. The number of amidine groups is 1. The van der Waals surface area contributed by atoms with Crippen molar-refractivity contribution < 1.29 is 14.6 Å². The average molecular weight is 381 g/mol. The molecule has 0 aromatic heterocycles. The summed E-state index contributed by atoms with van der Waals surface area (Å²) in [6, 6.07) is 10.00. The number of carbonyl (C=O) groups excluding carboxylic acids is 1. The molecule has 0 atom stereocenters. The van der Waals surface area contributed by atoms with Gasteiger partial charge in [0, 0.05) is 41.5 Å². The molecule has 6 nitrogen and oxygen atoms in total. The van der Waals surface area contributed by atoms with Crippen LogP contribution in [0.1, 0.15) is 37.5 Å². The topological polar surface area (TPSA) is 99.6 Å². The van der Waals surface area contributed by atoms with Crippen molar-refractivity contribution in [3.63, 3.8) is 0 Å². The number of rotatable bonds is 7. The number of anilines is 1. The highest BCUT2D eigenvalue weighted by Gasteiger charge is 2.13. The van der Waals surface area contributed by atoms with Gasteiger partial charge in [-0.1, -0.05) is 0 Å². The Balaban J connectivity index is 2.20. The molecule has 0 fully saturated rings. The minimum absolute atomic E-state index is 0.0482. The fraction of sp³-hybridized carbons (Fsp3) is 0.273. The largest absolute Gasteiger partial charge is 0.507 e. The summed E-state index contributed by atoms with van der Waals surface area (Å²) in [6.07, 6.45) is 1.61. The zero-order chi connectivity index (χ0) is 20.8. The van der Waals surface area contributed by atoms with Crippen molar-refractivity contribution in [3.8, 4) is 11.5 Å². The van der Waals surface area contributed by atoms with Crippen LogP contribution < -0.4 is 15.4 Å². The van der Waals surface area contributed by atoms with E-state index in [1.54, 1.807) is 43.3 Å². The number of hydrogen-bond donors (Lipinski definition) is 3. The van der Waals surface area contributed by atoms with Crippen LogP contribution in [-0.4, -0.2) is 30.0 Å². The van der Waals surface area contributed by atoms with Crippen LogP contribution in [0.2, 0.25) is 0 Å². The smallest absolute Gasteiger partial charge is 0.339 e. The van der Waals surface area contributed by atoms with Gasteiger partial charge >= 0.3 is 5.97 Å². The van der Waals surface area contributed by atoms with Crippen LogP contribution in [0.5, 0.6) is 11.5 Å². The number of aryl methyl sites for hydroxylation is 1.